The number of aromatic carboxylic acids is 1. The van der Waals surface area contributed by atoms with Gasteiger partial charge >= 0.3 is 5.97 Å². The van der Waals surface area contributed by atoms with Gasteiger partial charge in [-0.25, -0.2) is 4.79 Å². The minimum absolute atomic E-state index is 0.283. The van der Waals surface area contributed by atoms with Gasteiger partial charge in [-0.2, -0.15) is 0 Å². The third kappa shape index (κ3) is 2.17. The predicted octanol–water partition coefficient (Wildman–Crippen LogP) is 3.02. The average Bonchev–Trinajstić information content (AvgIpc) is 3.09. The zero-order chi connectivity index (χ0) is 14.4. The van der Waals surface area contributed by atoms with E-state index in [1.807, 2.05) is 12.1 Å². The minimum Gasteiger partial charge on any atom is -0.489 e. The predicted molar refractivity (Wildman–Crippen MR) is 80.0 cm³/mol. The molecule has 1 heterocycles. The molecule has 2 saturated carbocycles. The monoisotopic (exact) mass is 287 g/mol. The van der Waals surface area contributed by atoms with Crippen LogP contribution in [0.4, 0.5) is 5.69 Å². The summed E-state index contributed by atoms with van der Waals surface area (Å²) in [7, 11) is 0. The molecule has 3 aliphatic rings. The standard InChI is InChI=1S/C17H21NO3/c19-17(20)14-2-1-3-15-16(14)21-7-6-18(15)10-13-9-11-4-5-12(13)8-11/h1-3,11-13H,4-10H2,(H,19,20). The van der Waals surface area contributed by atoms with E-state index >= 15 is 0 Å². The summed E-state index contributed by atoms with van der Waals surface area (Å²) in [6, 6.07) is 5.45. The van der Waals surface area contributed by atoms with Gasteiger partial charge in [0.2, 0.25) is 0 Å². The molecule has 0 saturated heterocycles. The number of rotatable bonds is 3. The van der Waals surface area contributed by atoms with Gasteiger partial charge in [-0.15, -0.1) is 0 Å². The molecule has 1 aromatic carbocycles. The summed E-state index contributed by atoms with van der Waals surface area (Å²) < 4.78 is 5.65. The Morgan fingerprint density at radius 3 is 2.95 bits per heavy atom. The van der Waals surface area contributed by atoms with Crippen LogP contribution in [-0.4, -0.2) is 30.8 Å². The molecular weight excluding hydrogens is 266 g/mol. The number of hydrogen-bond acceptors (Lipinski definition) is 3. The van der Waals surface area contributed by atoms with Crippen LogP contribution in [0.25, 0.3) is 0 Å². The molecule has 4 heteroatoms. The number of anilines is 1. The highest BCUT2D eigenvalue weighted by Crippen LogP contribution is 2.49. The van der Waals surface area contributed by atoms with Crippen molar-refractivity contribution in [1.82, 2.24) is 0 Å². The Morgan fingerprint density at radius 2 is 2.24 bits per heavy atom. The first-order valence-corrected chi connectivity index (χ1v) is 7.96. The summed E-state index contributed by atoms with van der Waals surface area (Å²) in [5.41, 5.74) is 1.24. The van der Waals surface area contributed by atoms with E-state index in [1.54, 1.807) is 6.07 Å². The van der Waals surface area contributed by atoms with Gasteiger partial charge in [0, 0.05) is 6.54 Å². The highest BCUT2D eigenvalue weighted by Gasteiger charge is 2.40. The molecular formula is C17H21NO3. The third-order valence-electron chi connectivity index (χ3n) is 5.51. The Kier molecular flexibility index (Phi) is 3.05. The lowest BCUT2D eigenvalue weighted by Gasteiger charge is -2.35. The second-order valence-electron chi connectivity index (χ2n) is 6.69. The van der Waals surface area contributed by atoms with Crippen molar-refractivity contribution in [1.29, 1.82) is 0 Å². The van der Waals surface area contributed by atoms with Crippen molar-refractivity contribution in [3.63, 3.8) is 0 Å². The number of para-hydroxylation sites is 1. The number of nitrogens with zero attached hydrogens (tertiary/aromatic N) is 1. The van der Waals surface area contributed by atoms with Gasteiger partial charge in [0.1, 0.15) is 12.2 Å². The number of benzene rings is 1. The van der Waals surface area contributed by atoms with Crippen molar-refractivity contribution in [3.05, 3.63) is 23.8 Å². The van der Waals surface area contributed by atoms with Crippen molar-refractivity contribution in [2.45, 2.75) is 25.7 Å². The molecule has 4 nitrogen and oxygen atoms in total. The van der Waals surface area contributed by atoms with Crippen molar-refractivity contribution < 1.29 is 14.6 Å². The fraction of sp³-hybridized carbons (Fsp3) is 0.588. The van der Waals surface area contributed by atoms with E-state index in [4.69, 9.17) is 4.74 Å². The zero-order valence-electron chi connectivity index (χ0n) is 12.1. The Bertz CT molecular complexity index is 571. The maximum atomic E-state index is 11.3. The maximum Gasteiger partial charge on any atom is 0.339 e. The van der Waals surface area contributed by atoms with Crippen LogP contribution in [0.15, 0.2) is 18.2 Å². The van der Waals surface area contributed by atoms with Gasteiger partial charge in [0.15, 0.2) is 5.75 Å². The number of hydrogen-bond donors (Lipinski definition) is 1. The minimum atomic E-state index is -0.909. The van der Waals surface area contributed by atoms with Crippen LogP contribution in [-0.2, 0) is 0 Å². The van der Waals surface area contributed by atoms with Crippen molar-refractivity contribution in [2.75, 3.05) is 24.6 Å². The van der Waals surface area contributed by atoms with Crippen LogP contribution in [0.3, 0.4) is 0 Å². The highest BCUT2D eigenvalue weighted by atomic mass is 16.5. The normalized spacial score (nSPS) is 30.1. The molecule has 2 fully saturated rings. The molecule has 3 unspecified atom stereocenters. The largest absolute Gasteiger partial charge is 0.489 e. The van der Waals surface area contributed by atoms with Gasteiger partial charge < -0.3 is 14.7 Å². The first-order valence-electron chi connectivity index (χ1n) is 7.96. The Balaban J connectivity index is 1.59. The van der Waals surface area contributed by atoms with Gasteiger partial charge in [-0.1, -0.05) is 12.5 Å². The molecule has 1 aliphatic heterocycles. The molecule has 112 valence electrons. The lowest BCUT2D eigenvalue weighted by molar-refractivity contribution is 0.0692. The molecule has 0 aromatic heterocycles. The summed E-state index contributed by atoms with van der Waals surface area (Å²) in [6.45, 7) is 2.50. The van der Waals surface area contributed by atoms with Gasteiger partial charge in [0.05, 0.1) is 12.2 Å². The Labute approximate surface area is 124 Å². The average molecular weight is 287 g/mol. The number of carbonyl (C=O) groups is 1. The fourth-order valence-corrected chi connectivity index (χ4v) is 4.55. The molecule has 21 heavy (non-hydrogen) atoms. The van der Waals surface area contributed by atoms with Crippen LogP contribution in [0, 0.1) is 17.8 Å². The van der Waals surface area contributed by atoms with Crippen LogP contribution in [0.5, 0.6) is 5.75 Å². The van der Waals surface area contributed by atoms with Crippen LogP contribution in [0.2, 0.25) is 0 Å². The summed E-state index contributed by atoms with van der Waals surface area (Å²) >= 11 is 0. The molecule has 1 N–H and O–H groups in total. The molecule has 1 aromatic rings. The van der Waals surface area contributed by atoms with Crippen LogP contribution < -0.4 is 9.64 Å². The second-order valence-corrected chi connectivity index (χ2v) is 6.69. The van der Waals surface area contributed by atoms with E-state index in [-0.39, 0.29) is 5.56 Å². The molecule has 2 aliphatic carbocycles. The van der Waals surface area contributed by atoms with Crippen molar-refractivity contribution in [3.8, 4) is 5.75 Å². The van der Waals surface area contributed by atoms with E-state index < -0.39 is 5.97 Å². The second kappa shape index (κ2) is 4.93. The molecule has 0 radical (unpaired) electrons. The molecule has 0 amide bonds. The topological polar surface area (TPSA) is 49.8 Å². The van der Waals surface area contributed by atoms with Gasteiger partial charge in [-0.05, 0) is 49.1 Å². The van der Waals surface area contributed by atoms with Gasteiger partial charge in [-0.3, -0.25) is 0 Å². The molecule has 4 rings (SSSR count). The van der Waals surface area contributed by atoms with Crippen LogP contribution >= 0.6 is 0 Å². The molecule has 3 atom stereocenters. The number of ether oxygens (including phenoxy) is 1. The van der Waals surface area contributed by atoms with E-state index in [2.05, 4.69) is 4.90 Å². The first kappa shape index (κ1) is 13.0. The van der Waals surface area contributed by atoms with Crippen LogP contribution in [0.1, 0.15) is 36.0 Å². The van der Waals surface area contributed by atoms with E-state index in [9.17, 15) is 9.90 Å². The Morgan fingerprint density at radius 1 is 1.33 bits per heavy atom. The summed E-state index contributed by atoms with van der Waals surface area (Å²) in [5, 5.41) is 9.30. The zero-order valence-corrected chi connectivity index (χ0v) is 12.1. The molecule has 2 bridgehead atoms. The Hall–Kier alpha value is -1.71. The van der Waals surface area contributed by atoms with E-state index in [1.165, 1.54) is 25.7 Å². The summed E-state index contributed by atoms with van der Waals surface area (Å²) in [6.07, 6.45) is 5.58. The summed E-state index contributed by atoms with van der Waals surface area (Å²) in [5.74, 6) is 2.27. The number of carboxylic acids is 1. The lowest BCUT2D eigenvalue weighted by atomic mass is 9.88. The lowest BCUT2D eigenvalue weighted by Crippen LogP contribution is -2.38. The number of fused-ring (bicyclic) bond motifs is 3. The van der Waals surface area contributed by atoms with E-state index in [0.29, 0.717) is 12.4 Å². The maximum absolute atomic E-state index is 11.3. The number of carboxylic acid groups (broad SMARTS) is 1. The fourth-order valence-electron chi connectivity index (χ4n) is 4.55. The quantitative estimate of drug-likeness (QED) is 0.928. The third-order valence-corrected chi connectivity index (χ3v) is 5.51. The van der Waals surface area contributed by atoms with Crippen molar-refractivity contribution >= 4 is 11.7 Å². The van der Waals surface area contributed by atoms with Gasteiger partial charge in [0.25, 0.3) is 0 Å². The first-order chi connectivity index (χ1) is 10.2. The van der Waals surface area contributed by atoms with E-state index in [0.717, 1.165) is 36.5 Å². The molecule has 0 spiro atoms. The van der Waals surface area contributed by atoms with Crippen molar-refractivity contribution in [2.24, 2.45) is 17.8 Å². The summed E-state index contributed by atoms with van der Waals surface area (Å²) in [4.78, 5) is 13.7. The highest BCUT2D eigenvalue weighted by molar-refractivity contribution is 5.93. The SMILES string of the molecule is O=C(O)c1cccc2c1OCCN2CC1CC2CCC1C2. The smallest absolute Gasteiger partial charge is 0.339 e.